The van der Waals surface area contributed by atoms with Gasteiger partial charge in [-0.15, -0.1) is 0 Å². The number of likely N-dealkylation sites (tertiary alicyclic amines) is 1. The van der Waals surface area contributed by atoms with Crippen LogP contribution in [0.25, 0.3) is 22.6 Å². The van der Waals surface area contributed by atoms with E-state index in [2.05, 4.69) is 31.5 Å². The number of sulfone groups is 1. The molecule has 0 atom stereocenters. The number of rotatable bonds is 4. The van der Waals surface area contributed by atoms with Crippen LogP contribution in [0, 0.1) is 5.82 Å². The maximum Gasteiger partial charge on any atom is 0.247 e. The Balaban J connectivity index is 1.87. The highest BCUT2D eigenvalue weighted by atomic mass is 32.2. The molecule has 4 rings (SSSR count). The first-order chi connectivity index (χ1) is 13.8. The van der Waals surface area contributed by atoms with Gasteiger partial charge in [-0.2, -0.15) is 0 Å². The first-order valence-electron chi connectivity index (χ1n) is 9.38. The van der Waals surface area contributed by atoms with Crippen molar-refractivity contribution in [2.45, 2.75) is 24.0 Å². The van der Waals surface area contributed by atoms with E-state index < -0.39 is 9.84 Å². The van der Waals surface area contributed by atoms with E-state index in [9.17, 15) is 12.8 Å². The molecule has 0 aliphatic carbocycles. The fraction of sp³-hybridized carbons (Fsp3) is 0.350. The number of piperidine rings is 1. The van der Waals surface area contributed by atoms with Gasteiger partial charge in [-0.05, 0) is 63.3 Å². The number of halogens is 1. The van der Waals surface area contributed by atoms with Gasteiger partial charge in [0.1, 0.15) is 5.82 Å². The van der Waals surface area contributed by atoms with E-state index in [0.717, 1.165) is 43.4 Å². The van der Waals surface area contributed by atoms with Gasteiger partial charge in [0.15, 0.2) is 0 Å². The zero-order valence-electron chi connectivity index (χ0n) is 16.3. The second kappa shape index (κ2) is 7.64. The summed E-state index contributed by atoms with van der Waals surface area (Å²) in [4.78, 5) is 15.1. The smallest absolute Gasteiger partial charge is 0.247 e. The second-order valence-corrected chi connectivity index (χ2v) is 9.30. The molecule has 1 aliphatic heterocycles. The monoisotopic (exact) mass is 415 g/mol. The van der Waals surface area contributed by atoms with Crippen molar-refractivity contribution in [1.82, 2.24) is 24.4 Å². The van der Waals surface area contributed by atoms with Gasteiger partial charge in [0.2, 0.25) is 15.0 Å². The first kappa shape index (κ1) is 19.7. The van der Waals surface area contributed by atoms with Crippen molar-refractivity contribution in [2.75, 3.05) is 26.4 Å². The van der Waals surface area contributed by atoms with Crippen molar-refractivity contribution >= 4 is 9.84 Å². The van der Waals surface area contributed by atoms with E-state index in [0.29, 0.717) is 11.4 Å². The zero-order valence-corrected chi connectivity index (χ0v) is 17.1. The minimum Gasteiger partial charge on any atom is -0.326 e. The van der Waals surface area contributed by atoms with Crippen molar-refractivity contribution in [3.63, 3.8) is 0 Å². The normalized spacial score (nSPS) is 16.2. The predicted octanol–water partition coefficient (Wildman–Crippen LogP) is 2.82. The summed E-state index contributed by atoms with van der Waals surface area (Å²) in [5, 5.41) is -0.226. The van der Waals surface area contributed by atoms with Crippen molar-refractivity contribution in [2.24, 2.45) is 0 Å². The molecule has 7 nitrogen and oxygen atoms in total. The quantitative estimate of drug-likeness (QED) is 0.610. The molecule has 0 bridgehead atoms. The number of hydrogen-bond donors (Lipinski definition) is 0. The van der Waals surface area contributed by atoms with Crippen LogP contribution in [0.15, 0.2) is 48.0 Å². The minimum absolute atomic E-state index is 0.222. The summed E-state index contributed by atoms with van der Waals surface area (Å²) in [7, 11) is -1.46. The molecule has 1 saturated heterocycles. The van der Waals surface area contributed by atoms with Crippen LogP contribution in [0.2, 0.25) is 0 Å². The van der Waals surface area contributed by atoms with E-state index in [1.165, 1.54) is 18.3 Å². The lowest BCUT2D eigenvalue weighted by atomic mass is 10.0. The molecule has 0 unspecified atom stereocenters. The van der Waals surface area contributed by atoms with Crippen molar-refractivity contribution in [3.05, 3.63) is 48.7 Å². The van der Waals surface area contributed by atoms with Crippen LogP contribution in [0.5, 0.6) is 0 Å². The summed E-state index contributed by atoms with van der Waals surface area (Å²) in [6.45, 7) is 1.93. The van der Waals surface area contributed by atoms with Crippen LogP contribution in [0.3, 0.4) is 0 Å². The fourth-order valence-electron chi connectivity index (χ4n) is 3.64. The van der Waals surface area contributed by atoms with Crippen molar-refractivity contribution < 1.29 is 12.8 Å². The molecule has 0 N–H and O–H groups in total. The zero-order chi connectivity index (χ0) is 20.6. The average Bonchev–Trinajstić information content (AvgIpc) is 3.13. The Labute approximate surface area is 169 Å². The van der Waals surface area contributed by atoms with E-state index in [-0.39, 0.29) is 17.0 Å². The number of benzene rings is 1. The SMILES string of the molecule is CN1CCC(n2cnc(-c3ccc(F)cc3)c2-c2ccnc(S(C)(=O)=O)n2)CC1. The lowest BCUT2D eigenvalue weighted by molar-refractivity contribution is 0.222. The van der Waals surface area contributed by atoms with Crippen molar-refractivity contribution in [1.29, 1.82) is 0 Å². The number of nitrogens with zero attached hydrogens (tertiary/aromatic N) is 5. The Morgan fingerprint density at radius 1 is 1.07 bits per heavy atom. The topological polar surface area (TPSA) is 81.0 Å². The number of aromatic nitrogens is 4. The molecule has 2 aromatic heterocycles. The number of imidazole rings is 1. The molecule has 1 aliphatic rings. The maximum absolute atomic E-state index is 13.4. The fourth-order valence-corrected chi connectivity index (χ4v) is 4.15. The Kier molecular flexibility index (Phi) is 5.18. The molecule has 3 aromatic rings. The van der Waals surface area contributed by atoms with Gasteiger partial charge in [-0.3, -0.25) is 0 Å². The second-order valence-electron chi connectivity index (χ2n) is 7.39. The molecule has 1 aromatic carbocycles. The van der Waals surface area contributed by atoms with Crippen LogP contribution >= 0.6 is 0 Å². The molecule has 9 heteroatoms. The highest BCUT2D eigenvalue weighted by molar-refractivity contribution is 7.90. The number of hydrogen-bond acceptors (Lipinski definition) is 6. The summed E-state index contributed by atoms with van der Waals surface area (Å²) in [6.07, 6.45) is 6.20. The Bertz CT molecular complexity index is 1120. The summed E-state index contributed by atoms with van der Waals surface area (Å²) in [6, 6.07) is 8.01. The molecular formula is C20H22FN5O2S. The summed E-state index contributed by atoms with van der Waals surface area (Å²) >= 11 is 0. The molecular weight excluding hydrogens is 393 g/mol. The predicted molar refractivity (Wildman–Crippen MR) is 108 cm³/mol. The summed E-state index contributed by atoms with van der Waals surface area (Å²) in [5.74, 6) is -0.327. The van der Waals surface area contributed by atoms with Crippen LogP contribution < -0.4 is 0 Å². The molecule has 3 heterocycles. The van der Waals surface area contributed by atoms with E-state index >= 15 is 0 Å². The van der Waals surface area contributed by atoms with E-state index in [1.54, 1.807) is 24.5 Å². The van der Waals surface area contributed by atoms with Gasteiger partial charge in [0.05, 0.1) is 23.4 Å². The van der Waals surface area contributed by atoms with Gasteiger partial charge in [0.25, 0.3) is 0 Å². The van der Waals surface area contributed by atoms with E-state index in [4.69, 9.17) is 0 Å². The highest BCUT2D eigenvalue weighted by Crippen LogP contribution is 2.35. The van der Waals surface area contributed by atoms with Gasteiger partial charge in [0, 0.05) is 24.1 Å². The summed E-state index contributed by atoms with van der Waals surface area (Å²) < 4.78 is 39.4. The third-order valence-electron chi connectivity index (χ3n) is 5.20. The van der Waals surface area contributed by atoms with Crippen molar-refractivity contribution in [3.8, 4) is 22.6 Å². The third-order valence-corrected chi connectivity index (χ3v) is 6.06. The van der Waals surface area contributed by atoms with Gasteiger partial charge < -0.3 is 9.47 Å². The van der Waals surface area contributed by atoms with Crippen LogP contribution in [-0.4, -0.2) is 59.2 Å². The standard InChI is InChI=1S/C20H22FN5O2S/c1-25-11-8-16(9-12-25)26-13-23-18(14-3-5-15(21)6-4-14)19(26)17-7-10-22-20(24-17)29(2,27)28/h3-7,10,13,16H,8-9,11-12H2,1-2H3. The molecule has 0 amide bonds. The molecule has 0 spiro atoms. The lowest BCUT2D eigenvalue weighted by Crippen LogP contribution is -2.31. The maximum atomic E-state index is 13.4. The van der Waals surface area contributed by atoms with Crippen LogP contribution in [0.4, 0.5) is 4.39 Å². The average molecular weight is 415 g/mol. The van der Waals surface area contributed by atoms with Crippen LogP contribution in [-0.2, 0) is 9.84 Å². The third kappa shape index (κ3) is 4.06. The molecule has 1 fully saturated rings. The van der Waals surface area contributed by atoms with Crippen LogP contribution in [0.1, 0.15) is 18.9 Å². The van der Waals surface area contributed by atoms with Gasteiger partial charge >= 0.3 is 0 Å². The molecule has 0 saturated carbocycles. The first-order valence-corrected chi connectivity index (χ1v) is 11.3. The largest absolute Gasteiger partial charge is 0.326 e. The Morgan fingerprint density at radius 2 is 1.76 bits per heavy atom. The minimum atomic E-state index is -3.55. The summed E-state index contributed by atoms with van der Waals surface area (Å²) in [5.41, 5.74) is 2.59. The van der Waals surface area contributed by atoms with Gasteiger partial charge in [-0.1, -0.05) is 0 Å². The Hall–Kier alpha value is -2.65. The van der Waals surface area contributed by atoms with E-state index in [1.807, 2.05) is 0 Å². The molecule has 0 radical (unpaired) electrons. The van der Waals surface area contributed by atoms with Gasteiger partial charge in [-0.25, -0.2) is 27.8 Å². The highest BCUT2D eigenvalue weighted by Gasteiger charge is 2.25. The molecule has 29 heavy (non-hydrogen) atoms. The molecule has 152 valence electrons. The Morgan fingerprint density at radius 3 is 2.41 bits per heavy atom. The lowest BCUT2D eigenvalue weighted by Gasteiger charge is -2.30.